The number of benzene rings is 1. The van der Waals surface area contributed by atoms with Crippen molar-refractivity contribution in [2.45, 2.75) is 52.0 Å². The Labute approximate surface area is 148 Å². The highest BCUT2D eigenvalue weighted by molar-refractivity contribution is 7.80. The molecule has 1 saturated carbocycles. The van der Waals surface area contributed by atoms with Crippen LogP contribution in [-0.4, -0.2) is 17.1 Å². The largest absolute Gasteiger partial charge is 0.358 e. The van der Waals surface area contributed by atoms with Gasteiger partial charge in [-0.15, -0.1) is 0 Å². The maximum atomic E-state index is 13.5. The number of aryl methyl sites for hydroxylation is 1. The Bertz CT molecular complexity index is 581. The van der Waals surface area contributed by atoms with Crippen LogP contribution in [0.5, 0.6) is 0 Å². The van der Waals surface area contributed by atoms with Gasteiger partial charge in [0.05, 0.1) is 0 Å². The Hall–Kier alpha value is -1.69. The molecular weight excluding hydrogens is 325 g/mol. The molecule has 3 atom stereocenters. The molecule has 0 aromatic heterocycles. The van der Waals surface area contributed by atoms with Crippen LogP contribution in [0.15, 0.2) is 24.3 Å². The van der Waals surface area contributed by atoms with Crippen LogP contribution in [0.2, 0.25) is 0 Å². The summed E-state index contributed by atoms with van der Waals surface area (Å²) in [7, 11) is 0. The molecule has 3 N–H and O–H groups in total. The van der Waals surface area contributed by atoms with Crippen molar-refractivity contribution in [3.8, 4) is 0 Å². The minimum atomic E-state index is -0.282. The summed E-state index contributed by atoms with van der Waals surface area (Å²) >= 11 is 5.25. The minimum absolute atomic E-state index is 0.202. The summed E-state index contributed by atoms with van der Waals surface area (Å²) in [5, 5.41) is 3.71. The third kappa shape index (κ3) is 5.44. The molecule has 0 aliphatic heterocycles. The Morgan fingerprint density at radius 3 is 2.75 bits per heavy atom. The molecule has 6 heteroatoms. The van der Waals surface area contributed by atoms with E-state index in [1.165, 1.54) is 18.9 Å². The maximum absolute atomic E-state index is 13.5. The van der Waals surface area contributed by atoms with E-state index < -0.39 is 0 Å². The van der Waals surface area contributed by atoms with E-state index in [1.54, 1.807) is 18.2 Å². The Kier molecular flexibility index (Phi) is 6.97. The third-order valence-corrected chi connectivity index (χ3v) is 5.14. The van der Waals surface area contributed by atoms with E-state index in [0.717, 1.165) is 6.42 Å². The molecule has 0 saturated heterocycles. The standard InChI is InChI=1S/C18H26FN3OS/c1-12-6-5-9-16(13(12)2)20-18(24)22-21-17(23)11-10-14-7-3-4-8-15(14)19/h3-4,7-8,12-13,16H,5-6,9-11H2,1-2H3,(H,21,23)(H2,20,22,24)/t12-,13-,16-/m1/s1. The van der Waals surface area contributed by atoms with Crippen molar-refractivity contribution in [3.05, 3.63) is 35.6 Å². The van der Waals surface area contributed by atoms with Crippen LogP contribution in [0.3, 0.4) is 0 Å². The summed E-state index contributed by atoms with van der Waals surface area (Å²) < 4.78 is 13.5. The first kappa shape index (κ1) is 18.6. The number of rotatable bonds is 4. The Balaban J connectivity index is 1.69. The van der Waals surface area contributed by atoms with Gasteiger partial charge in [0.1, 0.15) is 5.82 Å². The van der Waals surface area contributed by atoms with Gasteiger partial charge in [0.15, 0.2) is 5.11 Å². The van der Waals surface area contributed by atoms with E-state index in [-0.39, 0.29) is 18.1 Å². The third-order valence-electron chi connectivity index (χ3n) is 4.92. The van der Waals surface area contributed by atoms with Crippen molar-refractivity contribution in [2.75, 3.05) is 0 Å². The summed E-state index contributed by atoms with van der Waals surface area (Å²) in [6, 6.07) is 6.83. The summed E-state index contributed by atoms with van der Waals surface area (Å²) in [4.78, 5) is 11.9. The number of halogens is 1. The van der Waals surface area contributed by atoms with Crippen molar-refractivity contribution in [1.29, 1.82) is 0 Å². The number of nitrogens with one attached hydrogen (secondary N) is 3. The van der Waals surface area contributed by atoms with Crippen LogP contribution in [0.4, 0.5) is 4.39 Å². The Morgan fingerprint density at radius 1 is 1.25 bits per heavy atom. The fourth-order valence-electron chi connectivity index (χ4n) is 3.13. The van der Waals surface area contributed by atoms with Crippen LogP contribution in [0.1, 0.15) is 45.1 Å². The number of carbonyl (C=O) groups is 1. The summed E-state index contributed by atoms with van der Waals surface area (Å²) in [5.41, 5.74) is 5.86. The minimum Gasteiger partial charge on any atom is -0.358 e. The fourth-order valence-corrected chi connectivity index (χ4v) is 3.33. The molecule has 1 aromatic carbocycles. The molecule has 0 spiro atoms. The molecule has 4 nitrogen and oxygen atoms in total. The quantitative estimate of drug-likeness (QED) is 0.576. The summed E-state index contributed by atoms with van der Waals surface area (Å²) in [6.45, 7) is 4.50. The predicted molar refractivity (Wildman–Crippen MR) is 97.7 cm³/mol. The van der Waals surface area contributed by atoms with E-state index in [1.807, 2.05) is 0 Å². The molecule has 1 amide bonds. The molecular formula is C18H26FN3OS. The lowest BCUT2D eigenvalue weighted by molar-refractivity contribution is -0.121. The number of hydrogen-bond donors (Lipinski definition) is 3. The first-order chi connectivity index (χ1) is 11.5. The van der Waals surface area contributed by atoms with Gasteiger partial charge >= 0.3 is 0 Å². The second kappa shape index (κ2) is 8.97. The topological polar surface area (TPSA) is 53.2 Å². The van der Waals surface area contributed by atoms with E-state index >= 15 is 0 Å². The first-order valence-corrected chi connectivity index (χ1v) is 8.97. The number of thiocarbonyl (C=S) groups is 1. The van der Waals surface area contributed by atoms with Gasteiger partial charge in [0, 0.05) is 12.5 Å². The molecule has 1 aliphatic carbocycles. The van der Waals surface area contributed by atoms with Crippen LogP contribution < -0.4 is 16.2 Å². The monoisotopic (exact) mass is 351 g/mol. The highest BCUT2D eigenvalue weighted by Gasteiger charge is 2.27. The highest BCUT2D eigenvalue weighted by atomic mass is 32.1. The van der Waals surface area contributed by atoms with Gasteiger partial charge in [-0.3, -0.25) is 15.6 Å². The van der Waals surface area contributed by atoms with E-state index in [0.29, 0.717) is 35.0 Å². The summed E-state index contributed by atoms with van der Waals surface area (Å²) in [5.74, 6) is 0.730. The molecule has 0 radical (unpaired) electrons. The van der Waals surface area contributed by atoms with Gasteiger partial charge in [-0.2, -0.15) is 0 Å². The zero-order valence-electron chi connectivity index (χ0n) is 14.3. The second-order valence-electron chi connectivity index (χ2n) is 6.61. The van der Waals surface area contributed by atoms with Gasteiger partial charge in [-0.1, -0.05) is 44.9 Å². The van der Waals surface area contributed by atoms with E-state index in [9.17, 15) is 9.18 Å². The molecule has 1 fully saturated rings. The zero-order chi connectivity index (χ0) is 17.5. The molecule has 2 rings (SSSR count). The van der Waals surface area contributed by atoms with Crippen LogP contribution in [0.25, 0.3) is 0 Å². The number of hydrogen-bond acceptors (Lipinski definition) is 2. The lowest BCUT2D eigenvalue weighted by Gasteiger charge is -2.35. The Morgan fingerprint density at radius 2 is 2.00 bits per heavy atom. The van der Waals surface area contributed by atoms with Gasteiger partial charge in [0.2, 0.25) is 5.91 Å². The van der Waals surface area contributed by atoms with Crippen LogP contribution in [-0.2, 0) is 11.2 Å². The van der Waals surface area contributed by atoms with Gasteiger partial charge in [-0.05, 0) is 48.5 Å². The average Bonchev–Trinajstić information content (AvgIpc) is 2.56. The van der Waals surface area contributed by atoms with Crippen molar-refractivity contribution in [1.82, 2.24) is 16.2 Å². The zero-order valence-corrected chi connectivity index (χ0v) is 15.1. The maximum Gasteiger partial charge on any atom is 0.238 e. The number of amides is 1. The number of carbonyl (C=O) groups excluding carboxylic acids is 1. The van der Waals surface area contributed by atoms with Gasteiger partial charge in [-0.25, -0.2) is 4.39 Å². The van der Waals surface area contributed by atoms with E-state index in [4.69, 9.17) is 12.2 Å². The van der Waals surface area contributed by atoms with Crippen molar-refractivity contribution in [2.24, 2.45) is 11.8 Å². The summed E-state index contributed by atoms with van der Waals surface area (Å²) in [6.07, 6.45) is 4.10. The lowest BCUT2D eigenvalue weighted by atomic mass is 9.78. The van der Waals surface area contributed by atoms with Crippen molar-refractivity contribution >= 4 is 23.2 Å². The molecule has 0 heterocycles. The SMILES string of the molecule is C[C@@H]1[C@H](C)CCC[C@H]1NC(=S)NNC(=O)CCc1ccccc1F. The first-order valence-electron chi connectivity index (χ1n) is 8.56. The molecule has 132 valence electrons. The predicted octanol–water partition coefficient (Wildman–Crippen LogP) is 3.08. The van der Waals surface area contributed by atoms with Crippen molar-refractivity contribution < 1.29 is 9.18 Å². The molecule has 0 bridgehead atoms. The fraction of sp³-hybridized carbons (Fsp3) is 0.556. The lowest BCUT2D eigenvalue weighted by Crippen LogP contribution is -2.52. The molecule has 24 heavy (non-hydrogen) atoms. The normalized spacial score (nSPS) is 23.4. The number of hydrazine groups is 1. The second-order valence-corrected chi connectivity index (χ2v) is 7.02. The highest BCUT2D eigenvalue weighted by Crippen LogP contribution is 2.29. The molecule has 1 aromatic rings. The molecule has 0 unspecified atom stereocenters. The van der Waals surface area contributed by atoms with Crippen LogP contribution in [0, 0.1) is 17.7 Å². The van der Waals surface area contributed by atoms with Crippen molar-refractivity contribution in [3.63, 3.8) is 0 Å². The van der Waals surface area contributed by atoms with Gasteiger partial charge < -0.3 is 5.32 Å². The van der Waals surface area contributed by atoms with Crippen LogP contribution >= 0.6 is 12.2 Å². The van der Waals surface area contributed by atoms with E-state index in [2.05, 4.69) is 30.0 Å². The molecule has 1 aliphatic rings. The smallest absolute Gasteiger partial charge is 0.238 e. The average molecular weight is 351 g/mol. The van der Waals surface area contributed by atoms with Gasteiger partial charge in [0.25, 0.3) is 0 Å².